The van der Waals surface area contributed by atoms with Crippen LogP contribution >= 0.6 is 11.3 Å². The molecular formula is C16H18FN5OS. The molecule has 126 valence electrons. The Bertz CT molecular complexity index is 827. The maximum absolute atomic E-state index is 13.4. The second kappa shape index (κ2) is 6.84. The van der Waals surface area contributed by atoms with E-state index in [-0.39, 0.29) is 5.82 Å². The van der Waals surface area contributed by atoms with Gasteiger partial charge < -0.3 is 10.1 Å². The molecule has 0 aliphatic carbocycles. The standard InChI is InChI=1S/C16H18FN5OS/c17-13-3-1-2-12(10-13)14-11-19-16-22(14)20-15(24-16)18-4-5-21-6-8-23-9-7-21/h1-3,10-11H,4-9H2,(H,18,20). The van der Waals surface area contributed by atoms with E-state index in [1.165, 1.54) is 23.5 Å². The third kappa shape index (κ3) is 3.26. The normalized spacial score (nSPS) is 15.9. The van der Waals surface area contributed by atoms with E-state index in [0.29, 0.717) is 0 Å². The smallest absolute Gasteiger partial charge is 0.214 e. The van der Waals surface area contributed by atoms with Crippen LogP contribution < -0.4 is 5.32 Å². The van der Waals surface area contributed by atoms with Crippen LogP contribution in [0.5, 0.6) is 0 Å². The number of aromatic nitrogens is 3. The molecule has 3 heterocycles. The summed E-state index contributed by atoms with van der Waals surface area (Å²) in [6.45, 7) is 5.36. The van der Waals surface area contributed by atoms with E-state index in [2.05, 4.69) is 20.3 Å². The van der Waals surface area contributed by atoms with Crippen LogP contribution in [0.2, 0.25) is 0 Å². The van der Waals surface area contributed by atoms with Gasteiger partial charge in [0.05, 0.1) is 25.1 Å². The molecule has 4 rings (SSSR count). The number of halogens is 1. The molecule has 0 atom stereocenters. The molecule has 0 spiro atoms. The molecule has 1 aliphatic rings. The molecule has 0 bridgehead atoms. The topological polar surface area (TPSA) is 54.7 Å². The Balaban J connectivity index is 1.46. The molecule has 24 heavy (non-hydrogen) atoms. The van der Waals surface area contributed by atoms with Crippen molar-refractivity contribution in [1.29, 1.82) is 0 Å². The first kappa shape index (κ1) is 15.5. The third-order valence-corrected chi connectivity index (χ3v) is 4.89. The zero-order valence-electron chi connectivity index (χ0n) is 13.1. The number of morpholine rings is 1. The summed E-state index contributed by atoms with van der Waals surface area (Å²) in [7, 11) is 0. The molecule has 1 saturated heterocycles. The number of anilines is 1. The summed E-state index contributed by atoms with van der Waals surface area (Å²) in [5.74, 6) is -0.262. The molecule has 0 amide bonds. The summed E-state index contributed by atoms with van der Waals surface area (Å²) in [5.41, 5.74) is 1.56. The monoisotopic (exact) mass is 347 g/mol. The summed E-state index contributed by atoms with van der Waals surface area (Å²) in [6, 6.07) is 6.48. The minimum atomic E-state index is -0.262. The van der Waals surface area contributed by atoms with Crippen LogP contribution in [-0.2, 0) is 4.74 Å². The van der Waals surface area contributed by atoms with Gasteiger partial charge in [0.15, 0.2) is 0 Å². The van der Waals surface area contributed by atoms with Gasteiger partial charge in [-0.3, -0.25) is 4.90 Å². The van der Waals surface area contributed by atoms with E-state index in [1.807, 2.05) is 6.07 Å². The van der Waals surface area contributed by atoms with E-state index in [4.69, 9.17) is 4.74 Å². The lowest BCUT2D eigenvalue weighted by Crippen LogP contribution is -2.39. The van der Waals surface area contributed by atoms with Crippen LogP contribution in [0.1, 0.15) is 0 Å². The number of fused-ring (bicyclic) bond motifs is 1. The van der Waals surface area contributed by atoms with E-state index >= 15 is 0 Å². The van der Waals surface area contributed by atoms with Gasteiger partial charge in [-0.1, -0.05) is 23.5 Å². The Kier molecular flexibility index (Phi) is 4.42. The Labute approximate surface area is 142 Å². The summed E-state index contributed by atoms with van der Waals surface area (Å²) in [4.78, 5) is 7.54. The lowest BCUT2D eigenvalue weighted by Gasteiger charge is -2.26. The summed E-state index contributed by atoms with van der Waals surface area (Å²) in [6.07, 6.45) is 1.73. The van der Waals surface area contributed by atoms with E-state index in [1.54, 1.807) is 16.8 Å². The van der Waals surface area contributed by atoms with Crippen molar-refractivity contribution in [3.8, 4) is 11.3 Å². The Morgan fingerprint density at radius 3 is 3.00 bits per heavy atom. The summed E-state index contributed by atoms with van der Waals surface area (Å²) in [5, 5.41) is 8.73. The molecular weight excluding hydrogens is 329 g/mol. The van der Waals surface area contributed by atoms with Crippen molar-refractivity contribution in [2.24, 2.45) is 0 Å². The molecule has 0 radical (unpaired) electrons. The molecule has 0 saturated carbocycles. The Morgan fingerprint density at radius 2 is 2.17 bits per heavy atom. The highest BCUT2D eigenvalue weighted by molar-refractivity contribution is 7.20. The van der Waals surface area contributed by atoms with Gasteiger partial charge in [-0.15, -0.1) is 5.10 Å². The first-order valence-corrected chi connectivity index (χ1v) is 8.76. The van der Waals surface area contributed by atoms with E-state index < -0.39 is 0 Å². The van der Waals surface area contributed by atoms with Gasteiger partial charge in [0.2, 0.25) is 10.1 Å². The van der Waals surface area contributed by atoms with Crippen LogP contribution in [-0.4, -0.2) is 58.9 Å². The molecule has 1 aromatic carbocycles. The fourth-order valence-corrected chi connectivity index (χ4v) is 3.56. The molecule has 3 aromatic rings. The van der Waals surface area contributed by atoms with Gasteiger partial charge >= 0.3 is 0 Å². The quantitative estimate of drug-likeness (QED) is 0.768. The summed E-state index contributed by atoms with van der Waals surface area (Å²) >= 11 is 1.50. The minimum Gasteiger partial charge on any atom is -0.379 e. The van der Waals surface area contributed by atoms with E-state index in [9.17, 15) is 4.39 Å². The van der Waals surface area contributed by atoms with E-state index in [0.717, 1.165) is 60.7 Å². The molecule has 0 unspecified atom stereocenters. The van der Waals surface area contributed by atoms with Crippen molar-refractivity contribution in [2.75, 3.05) is 44.7 Å². The van der Waals surface area contributed by atoms with Crippen LogP contribution in [0.3, 0.4) is 0 Å². The first-order chi connectivity index (χ1) is 11.8. The zero-order valence-corrected chi connectivity index (χ0v) is 13.9. The molecule has 1 aliphatic heterocycles. The number of ether oxygens (including phenoxy) is 1. The maximum atomic E-state index is 13.4. The minimum absolute atomic E-state index is 0.262. The van der Waals surface area contributed by atoms with Gasteiger partial charge in [-0.2, -0.15) is 0 Å². The number of imidazole rings is 1. The van der Waals surface area contributed by atoms with Crippen molar-refractivity contribution in [3.63, 3.8) is 0 Å². The molecule has 1 N–H and O–H groups in total. The van der Waals surface area contributed by atoms with Crippen LogP contribution in [0.25, 0.3) is 16.2 Å². The first-order valence-electron chi connectivity index (χ1n) is 7.94. The number of rotatable bonds is 5. The maximum Gasteiger partial charge on any atom is 0.214 e. The average Bonchev–Trinajstić information content (AvgIpc) is 3.16. The zero-order chi connectivity index (χ0) is 16.4. The van der Waals surface area contributed by atoms with Crippen molar-refractivity contribution in [3.05, 3.63) is 36.3 Å². The largest absolute Gasteiger partial charge is 0.379 e. The van der Waals surface area contributed by atoms with Crippen molar-refractivity contribution < 1.29 is 9.13 Å². The third-order valence-electron chi connectivity index (χ3n) is 4.01. The number of nitrogens with one attached hydrogen (secondary N) is 1. The van der Waals surface area contributed by atoms with Gasteiger partial charge in [0.1, 0.15) is 5.82 Å². The van der Waals surface area contributed by atoms with Gasteiger partial charge in [0.25, 0.3) is 0 Å². The fraction of sp³-hybridized carbons (Fsp3) is 0.375. The predicted octanol–water partition coefficient (Wildman–Crippen LogP) is 2.34. The molecule has 2 aromatic heterocycles. The Morgan fingerprint density at radius 1 is 1.29 bits per heavy atom. The van der Waals surface area contributed by atoms with Crippen molar-refractivity contribution in [2.45, 2.75) is 0 Å². The second-order valence-corrected chi connectivity index (χ2v) is 6.59. The highest BCUT2D eigenvalue weighted by Gasteiger charge is 2.13. The average molecular weight is 347 g/mol. The highest BCUT2D eigenvalue weighted by atomic mass is 32.1. The predicted molar refractivity (Wildman–Crippen MR) is 92.0 cm³/mol. The van der Waals surface area contributed by atoms with Crippen LogP contribution in [0.4, 0.5) is 9.52 Å². The lowest BCUT2D eigenvalue weighted by atomic mass is 10.2. The second-order valence-electron chi connectivity index (χ2n) is 5.64. The van der Waals surface area contributed by atoms with Gasteiger partial charge in [0, 0.05) is 31.7 Å². The molecule has 8 heteroatoms. The summed E-state index contributed by atoms with van der Waals surface area (Å²) < 4.78 is 20.5. The van der Waals surface area contributed by atoms with Gasteiger partial charge in [-0.05, 0) is 12.1 Å². The SMILES string of the molecule is Fc1cccc(-c2cnc3sc(NCCN4CCOCC4)nn23)c1. The lowest BCUT2D eigenvalue weighted by molar-refractivity contribution is 0.0398. The van der Waals surface area contributed by atoms with Crippen molar-refractivity contribution >= 4 is 21.4 Å². The Hall–Kier alpha value is -2.03. The number of benzene rings is 1. The fourth-order valence-electron chi connectivity index (χ4n) is 2.75. The number of nitrogens with zero attached hydrogens (tertiary/aromatic N) is 4. The number of hydrogen-bond acceptors (Lipinski definition) is 6. The van der Waals surface area contributed by atoms with Crippen LogP contribution in [0, 0.1) is 5.82 Å². The number of hydrogen-bond donors (Lipinski definition) is 1. The highest BCUT2D eigenvalue weighted by Crippen LogP contribution is 2.26. The van der Waals surface area contributed by atoms with Crippen LogP contribution in [0.15, 0.2) is 30.5 Å². The van der Waals surface area contributed by atoms with Crippen molar-refractivity contribution in [1.82, 2.24) is 19.5 Å². The molecule has 1 fully saturated rings. The molecule has 6 nitrogen and oxygen atoms in total. The van der Waals surface area contributed by atoms with Gasteiger partial charge in [-0.25, -0.2) is 13.9 Å².